The summed E-state index contributed by atoms with van der Waals surface area (Å²) in [4.78, 5) is 29.7. The number of anilines is 2. The van der Waals surface area contributed by atoms with Gasteiger partial charge in [0.05, 0.1) is 17.5 Å². The summed E-state index contributed by atoms with van der Waals surface area (Å²) in [5.74, 6) is -2.86. The molecule has 2 amide bonds. The fraction of sp³-hybridized carbons (Fsp3) is 0.556. The molecule has 3 heterocycles. The lowest BCUT2D eigenvalue weighted by Crippen LogP contribution is -2.54. The molecule has 2 aliphatic rings. The molecule has 2 atom stereocenters. The van der Waals surface area contributed by atoms with Crippen LogP contribution in [0.5, 0.6) is 5.75 Å². The van der Waals surface area contributed by atoms with E-state index < -0.39 is 34.9 Å². The second-order valence-electron chi connectivity index (χ2n) is 11.5. The molecule has 2 aliphatic heterocycles. The number of aromatic nitrogens is 2. The van der Waals surface area contributed by atoms with E-state index in [0.29, 0.717) is 50.7 Å². The van der Waals surface area contributed by atoms with E-state index >= 15 is 0 Å². The van der Waals surface area contributed by atoms with E-state index in [-0.39, 0.29) is 47.8 Å². The van der Waals surface area contributed by atoms with Gasteiger partial charge in [0, 0.05) is 44.2 Å². The van der Waals surface area contributed by atoms with E-state index in [4.69, 9.17) is 5.73 Å². The molecule has 2 saturated heterocycles. The number of aliphatic hydroxyl groups excluding tert-OH is 1. The molecular formula is C27H36F2N6O4. The maximum absolute atomic E-state index is 13.8. The number of carbonyl (C=O) groups is 2. The van der Waals surface area contributed by atoms with Gasteiger partial charge in [0.1, 0.15) is 11.8 Å². The highest BCUT2D eigenvalue weighted by atomic mass is 19.2. The second-order valence-corrected chi connectivity index (χ2v) is 11.5. The molecular weight excluding hydrogens is 510 g/mol. The molecule has 212 valence electrons. The zero-order chi connectivity index (χ0) is 28.5. The van der Waals surface area contributed by atoms with Gasteiger partial charge in [-0.25, -0.2) is 8.78 Å². The van der Waals surface area contributed by atoms with Crippen molar-refractivity contribution in [3.05, 3.63) is 29.8 Å². The molecule has 1 aromatic carbocycles. The van der Waals surface area contributed by atoms with Crippen molar-refractivity contribution < 1.29 is 28.6 Å². The van der Waals surface area contributed by atoms with Crippen LogP contribution in [0.4, 0.5) is 20.3 Å². The van der Waals surface area contributed by atoms with Crippen molar-refractivity contribution in [1.29, 1.82) is 0 Å². The predicted octanol–water partition coefficient (Wildman–Crippen LogP) is 2.44. The Labute approximate surface area is 226 Å². The molecule has 4 rings (SSSR count). The fourth-order valence-electron chi connectivity index (χ4n) is 5.15. The number of nitrogens with one attached hydrogen (secondary N) is 1. The third-order valence-corrected chi connectivity index (χ3v) is 7.44. The normalized spacial score (nSPS) is 19.3. The van der Waals surface area contributed by atoms with E-state index in [1.165, 1.54) is 0 Å². The van der Waals surface area contributed by atoms with E-state index in [0.717, 1.165) is 6.07 Å². The van der Waals surface area contributed by atoms with Crippen molar-refractivity contribution in [3.8, 4) is 17.0 Å². The van der Waals surface area contributed by atoms with Gasteiger partial charge in [-0.2, -0.15) is 0 Å². The molecule has 0 unspecified atom stereocenters. The minimum atomic E-state index is -1.17. The standard InChI is InChI=1S/C27H36F2N6O4/c1-27(2,3)24(26(39)35-9-6-16(36)14-35)31-23(38)10-15-4-7-34(8-5-15)21-13-20(32-33-25(21)30)17-11-18(28)19(29)12-22(17)37/h11-13,15-16,24,36-37H,4-10,14H2,1-3H3,(H2,30,33)(H,31,38)/t16-,24-/m1/s1. The van der Waals surface area contributed by atoms with E-state index in [9.17, 15) is 28.6 Å². The first kappa shape index (κ1) is 28.5. The number of hydrogen-bond donors (Lipinski definition) is 4. The monoisotopic (exact) mass is 546 g/mol. The number of benzene rings is 1. The van der Waals surface area contributed by atoms with Gasteiger partial charge >= 0.3 is 0 Å². The molecule has 12 heteroatoms. The summed E-state index contributed by atoms with van der Waals surface area (Å²) in [6.45, 7) is 7.62. The SMILES string of the molecule is CC(C)(C)[C@H](NC(=O)CC1CCN(c2cc(-c3cc(F)c(F)cc3O)nnc2N)CC1)C(=O)N1CC[C@@H](O)C1. The summed E-state index contributed by atoms with van der Waals surface area (Å²) in [6, 6.07) is 2.44. The zero-order valence-electron chi connectivity index (χ0n) is 22.5. The average molecular weight is 547 g/mol. The maximum Gasteiger partial charge on any atom is 0.245 e. The minimum absolute atomic E-state index is 0.000552. The maximum atomic E-state index is 13.8. The average Bonchev–Trinajstić information content (AvgIpc) is 3.31. The summed E-state index contributed by atoms with van der Waals surface area (Å²) in [6.07, 6.45) is 1.66. The number of nitrogens with two attached hydrogens (primary N) is 1. The molecule has 2 aromatic rings. The van der Waals surface area contributed by atoms with Crippen molar-refractivity contribution in [2.75, 3.05) is 36.8 Å². The Bertz CT molecular complexity index is 1230. The number of nitrogens with zero attached hydrogens (tertiary/aromatic N) is 4. The molecule has 0 radical (unpaired) electrons. The van der Waals surface area contributed by atoms with Crippen LogP contribution in [0, 0.1) is 23.0 Å². The minimum Gasteiger partial charge on any atom is -0.507 e. The first-order chi connectivity index (χ1) is 18.3. The van der Waals surface area contributed by atoms with Crippen LogP contribution in [0.3, 0.4) is 0 Å². The van der Waals surface area contributed by atoms with Crippen molar-refractivity contribution in [1.82, 2.24) is 20.4 Å². The molecule has 0 saturated carbocycles. The van der Waals surface area contributed by atoms with Gasteiger partial charge in [-0.15, -0.1) is 10.2 Å². The van der Waals surface area contributed by atoms with Crippen LogP contribution < -0.4 is 16.0 Å². The van der Waals surface area contributed by atoms with Crippen LogP contribution in [-0.2, 0) is 9.59 Å². The third-order valence-electron chi connectivity index (χ3n) is 7.44. The highest BCUT2D eigenvalue weighted by molar-refractivity contribution is 5.88. The highest BCUT2D eigenvalue weighted by Gasteiger charge is 2.38. The molecule has 0 aliphatic carbocycles. The van der Waals surface area contributed by atoms with E-state index in [1.54, 1.807) is 11.0 Å². The molecule has 10 nitrogen and oxygen atoms in total. The number of carbonyl (C=O) groups excluding carboxylic acids is 2. The van der Waals surface area contributed by atoms with Gasteiger partial charge < -0.3 is 31.1 Å². The summed E-state index contributed by atoms with van der Waals surface area (Å²) in [7, 11) is 0. The number of hydrogen-bond acceptors (Lipinski definition) is 8. The van der Waals surface area contributed by atoms with Crippen LogP contribution in [0.2, 0.25) is 0 Å². The van der Waals surface area contributed by atoms with Gasteiger partial charge in [0.2, 0.25) is 11.8 Å². The number of phenols is 1. The first-order valence-corrected chi connectivity index (χ1v) is 13.2. The predicted molar refractivity (Wildman–Crippen MR) is 142 cm³/mol. The number of phenolic OH excluding ortho intramolecular Hbond substituents is 1. The molecule has 0 bridgehead atoms. The Morgan fingerprint density at radius 3 is 2.38 bits per heavy atom. The van der Waals surface area contributed by atoms with E-state index in [2.05, 4.69) is 15.5 Å². The highest BCUT2D eigenvalue weighted by Crippen LogP contribution is 2.35. The molecule has 39 heavy (non-hydrogen) atoms. The van der Waals surface area contributed by atoms with Crippen LogP contribution in [0.15, 0.2) is 18.2 Å². The Kier molecular flexibility index (Phi) is 8.24. The van der Waals surface area contributed by atoms with Gasteiger partial charge in [0.15, 0.2) is 17.5 Å². The van der Waals surface area contributed by atoms with Gasteiger partial charge in [-0.05, 0) is 42.7 Å². The topological polar surface area (TPSA) is 145 Å². The number of aromatic hydroxyl groups is 1. The van der Waals surface area contributed by atoms with Crippen LogP contribution in [0.25, 0.3) is 11.3 Å². The van der Waals surface area contributed by atoms with Gasteiger partial charge in [-0.3, -0.25) is 9.59 Å². The van der Waals surface area contributed by atoms with Crippen LogP contribution in [0.1, 0.15) is 46.5 Å². The Morgan fingerprint density at radius 1 is 1.10 bits per heavy atom. The lowest BCUT2D eigenvalue weighted by molar-refractivity contribution is -0.139. The number of halogens is 2. The summed E-state index contributed by atoms with van der Waals surface area (Å²) in [5.41, 5.74) is 6.28. The molecule has 0 spiro atoms. The van der Waals surface area contributed by atoms with Crippen molar-refractivity contribution in [3.63, 3.8) is 0 Å². The summed E-state index contributed by atoms with van der Waals surface area (Å²) in [5, 5.41) is 30.7. The largest absolute Gasteiger partial charge is 0.507 e. The Balaban J connectivity index is 1.38. The summed E-state index contributed by atoms with van der Waals surface area (Å²) >= 11 is 0. The van der Waals surface area contributed by atoms with Crippen molar-refractivity contribution in [2.45, 2.75) is 58.6 Å². The molecule has 2 fully saturated rings. The first-order valence-electron chi connectivity index (χ1n) is 13.2. The second kappa shape index (κ2) is 11.3. The smallest absolute Gasteiger partial charge is 0.245 e. The van der Waals surface area contributed by atoms with Crippen LogP contribution in [-0.4, -0.2) is 75.4 Å². The molecule has 5 N–H and O–H groups in total. The van der Waals surface area contributed by atoms with Gasteiger partial charge in [0.25, 0.3) is 0 Å². The number of likely N-dealkylation sites (tertiary alicyclic amines) is 1. The zero-order valence-corrected chi connectivity index (χ0v) is 22.5. The van der Waals surface area contributed by atoms with E-state index in [1.807, 2.05) is 25.7 Å². The van der Waals surface area contributed by atoms with Crippen molar-refractivity contribution >= 4 is 23.3 Å². The summed E-state index contributed by atoms with van der Waals surface area (Å²) < 4.78 is 27.2. The number of aliphatic hydroxyl groups is 1. The number of β-amino-alcohol motifs (C(OH)–C–C–N with tert-alkyl or cyclic N) is 1. The molecule has 1 aromatic heterocycles. The quantitative estimate of drug-likeness (QED) is 0.432. The lowest BCUT2D eigenvalue weighted by Gasteiger charge is -2.35. The number of rotatable bonds is 6. The van der Waals surface area contributed by atoms with Gasteiger partial charge in [-0.1, -0.05) is 20.8 Å². The van der Waals surface area contributed by atoms with Crippen molar-refractivity contribution in [2.24, 2.45) is 11.3 Å². The Hall–Kier alpha value is -3.54. The third kappa shape index (κ3) is 6.55. The lowest BCUT2D eigenvalue weighted by atomic mass is 9.85. The number of piperidine rings is 1. The Morgan fingerprint density at radius 2 is 1.77 bits per heavy atom. The fourth-order valence-corrected chi connectivity index (χ4v) is 5.15. The number of amides is 2. The number of nitrogen functional groups attached to an aromatic ring is 1. The van der Waals surface area contributed by atoms with Crippen LogP contribution >= 0.6 is 0 Å².